The SMILES string of the molecule is COC[C@@H]1CN(CC2CCCCC2)Cc2ccnn2C1. The largest absolute Gasteiger partial charge is 0.384 e. The predicted molar refractivity (Wildman–Crippen MR) is 79.4 cm³/mol. The molecule has 112 valence electrons. The molecule has 4 nitrogen and oxygen atoms in total. The van der Waals surface area contributed by atoms with Gasteiger partial charge in [0.2, 0.25) is 0 Å². The van der Waals surface area contributed by atoms with Crippen molar-refractivity contribution in [2.45, 2.75) is 45.2 Å². The maximum Gasteiger partial charge on any atom is 0.0524 e. The van der Waals surface area contributed by atoms with Gasteiger partial charge in [0.05, 0.1) is 12.3 Å². The summed E-state index contributed by atoms with van der Waals surface area (Å²) in [5.41, 5.74) is 1.36. The van der Waals surface area contributed by atoms with Crippen LogP contribution >= 0.6 is 0 Å². The molecule has 0 spiro atoms. The number of rotatable bonds is 4. The first-order valence-electron chi connectivity index (χ1n) is 8.07. The Labute approximate surface area is 122 Å². The maximum atomic E-state index is 5.40. The number of nitrogens with zero attached hydrogens (tertiary/aromatic N) is 3. The van der Waals surface area contributed by atoms with Crippen molar-refractivity contribution in [2.24, 2.45) is 11.8 Å². The third kappa shape index (κ3) is 3.41. The van der Waals surface area contributed by atoms with Crippen LogP contribution in [0.4, 0.5) is 0 Å². The molecule has 0 aromatic carbocycles. The Morgan fingerprint density at radius 1 is 1.20 bits per heavy atom. The number of methoxy groups -OCH3 is 1. The molecule has 0 bridgehead atoms. The third-order valence-electron chi connectivity index (χ3n) is 4.78. The van der Waals surface area contributed by atoms with Crippen LogP contribution in [0.2, 0.25) is 0 Å². The monoisotopic (exact) mass is 277 g/mol. The van der Waals surface area contributed by atoms with E-state index in [2.05, 4.69) is 20.7 Å². The highest BCUT2D eigenvalue weighted by molar-refractivity contribution is 5.02. The van der Waals surface area contributed by atoms with Gasteiger partial charge in [-0.2, -0.15) is 5.10 Å². The van der Waals surface area contributed by atoms with Crippen LogP contribution in [-0.4, -0.2) is 41.5 Å². The minimum atomic E-state index is 0.560. The van der Waals surface area contributed by atoms with Crippen LogP contribution in [0.1, 0.15) is 37.8 Å². The summed E-state index contributed by atoms with van der Waals surface area (Å²) in [4.78, 5) is 2.64. The molecular weight excluding hydrogens is 250 g/mol. The van der Waals surface area contributed by atoms with Crippen LogP contribution in [0.25, 0.3) is 0 Å². The molecule has 0 radical (unpaired) electrons. The molecule has 4 heteroatoms. The lowest BCUT2D eigenvalue weighted by Crippen LogP contribution is -2.34. The lowest BCUT2D eigenvalue weighted by Gasteiger charge is -2.30. The molecule has 1 aromatic rings. The second-order valence-corrected chi connectivity index (χ2v) is 6.52. The summed E-state index contributed by atoms with van der Waals surface area (Å²) in [6.07, 6.45) is 9.07. The summed E-state index contributed by atoms with van der Waals surface area (Å²) in [5, 5.41) is 4.46. The van der Waals surface area contributed by atoms with E-state index in [4.69, 9.17) is 4.74 Å². The van der Waals surface area contributed by atoms with Crippen LogP contribution in [-0.2, 0) is 17.8 Å². The van der Waals surface area contributed by atoms with Gasteiger partial charge in [0.15, 0.2) is 0 Å². The Balaban J connectivity index is 1.66. The van der Waals surface area contributed by atoms with Gasteiger partial charge in [0.1, 0.15) is 0 Å². The van der Waals surface area contributed by atoms with Crippen LogP contribution in [0.15, 0.2) is 12.3 Å². The molecule has 0 saturated heterocycles. The zero-order valence-corrected chi connectivity index (χ0v) is 12.6. The minimum Gasteiger partial charge on any atom is -0.384 e. The molecule has 1 fully saturated rings. The highest BCUT2D eigenvalue weighted by Crippen LogP contribution is 2.26. The fourth-order valence-electron chi connectivity index (χ4n) is 3.83. The fourth-order valence-corrected chi connectivity index (χ4v) is 3.83. The van der Waals surface area contributed by atoms with Crippen molar-refractivity contribution in [1.29, 1.82) is 0 Å². The Hall–Kier alpha value is -0.870. The zero-order valence-electron chi connectivity index (χ0n) is 12.6. The van der Waals surface area contributed by atoms with Crippen molar-refractivity contribution in [3.05, 3.63) is 18.0 Å². The second kappa shape index (κ2) is 6.72. The molecule has 2 aliphatic rings. The first-order chi connectivity index (χ1) is 9.85. The molecule has 1 aromatic heterocycles. The summed E-state index contributed by atoms with van der Waals surface area (Å²) in [6.45, 7) is 5.29. The Morgan fingerprint density at radius 2 is 2.05 bits per heavy atom. The van der Waals surface area contributed by atoms with Crippen LogP contribution < -0.4 is 0 Å². The van der Waals surface area contributed by atoms with E-state index in [0.29, 0.717) is 5.92 Å². The van der Waals surface area contributed by atoms with Crippen molar-refractivity contribution in [2.75, 3.05) is 26.8 Å². The van der Waals surface area contributed by atoms with Crippen molar-refractivity contribution in [3.63, 3.8) is 0 Å². The van der Waals surface area contributed by atoms with Crippen molar-refractivity contribution >= 4 is 0 Å². The van der Waals surface area contributed by atoms with Gasteiger partial charge >= 0.3 is 0 Å². The number of fused-ring (bicyclic) bond motifs is 1. The van der Waals surface area contributed by atoms with E-state index >= 15 is 0 Å². The van der Waals surface area contributed by atoms with E-state index < -0.39 is 0 Å². The fraction of sp³-hybridized carbons (Fsp3) is 0.812. The van der Waals surface area contributed by atoms with Crippen LogP contribution in [0, 0.1) is 11.8 Å². The van der Waals surface area contributed by atoms with E-state index in [0.717, 1.165) is 32.2 Å². The van der Waals surface area contributed by atoms with Crippen LogP contribution in [0.3, 0.4) is 0 Å². The topological polar surface area (TPSA) is 30.3 Å². The second-order valence-electron chi connectivity index (χ2n) is 6.52. The average molecular weight is 277 g/mol. The average Bonchev–Trinajstić information content (AvgIpc) is 2.81. The maximum absolute atomic E-state index is 5.40. The summed E-state index contributed by atoms with van der Waals surface area (Å²) >= 11 is 0. The summed E-state index contributed by atoms with van der Waals surface area (Å²) in [7, 11) is 1.81. The van der Waals surface area contributed by atoms with Gasteiger partial charge in [0, 0.05) is 45.4 Å². The van der Waals surface area contributed by atoms with Crippen molar-refractivity contribution in [3.8, 4) is 0 Å². The van der Waals surface area contributed by atoms with Gasteiger partial charge in [-0.1, -0.05) is 19.3 Å². The van der Waals surface area contributed by atoms with Gasteiger partial charge in [0.25, 0.3) is 0 Å². The molecular formula is C16H27N3O. The number of hydrogen-bond donors (Lipinski definition) is 0. The van der Waals surface area contributed by atoms with E-state index in [-0.39, 0.29) is 0 Å². The van der Waals surface area contributed by atoms with Gasteiger partial charge in [-0.3, -0.25) is 9.58 Å². The van der Waals surface area contributed by atoms with Crippen LogP contribution in [0.5, 0.6) is 0 Å². The minimum absolute atomic E-state index is 0.560. The number of hydrogen-bond acceptors (Lipinski definition) is 3. The lowest BCUT2D eigenvalue weighted by atomic mass is 9.89. The number of aromatic nitrogens is 2. The Bertz CT molecular complexity index is 412. The molecule has 0 amide bonds. The molecule has 2 heterocycles. The first-order valence-corrected chi connectivity index (χ1v) is 8.07. The summed E-state index contributed by atoms with van der Waals surface area (Å²) in [6, 6.07) is 2.17. The standard InChI is InChI=1S/C16H27N3O/c1-20-13-15-10-18(9-14-5-3-2-4-6-14)12-16-7-8-17-19(16)11-15/h7-8,14-15H,2-6,9-13H2,1H3/t15-/m1/s1. The van der Waals surface area contributed by atoms with E-state index in [1.54, 1.807) is 7.11 Å². The first kappa shape index (κ1) is 14.1. The third-order valence-corrected chi connectivity index (χ3v) is 4.78. The lowest BCUT2D eigenvalue weighted by molar-refractivity contribution is 0.106. The quantitative estimate of drug-likeness (QED) is 0.847. The molecule has 20 heavy (non-hydrogen) atoms. The van der Waals surface area contributed by atoms with Gasteiger partial charge in [-0.25, -0.2) is 0 Å². The molecule has 0 N–H and O–H groups in total. The van der Waals surface area contributed by atoms with Crippen molar-refractivity contribution in [1.82, 2.24) is 14.7 Å². The molecule has 1 atom stereocenters. The van der Waals surface area contributed by atoms with E-state index in [9.17, 15) is 0 Å². The molecule has 0 unspecified atom stereocenters. The van der Waals surface area contributed by atoms with Gasteiger partial charge in [-0.05, 0) is 24.8 Å². The van der Waals surface area contributed by atoms with E-state index in [1.807, 2.05) is 6.20 Å². The molecule has 3 rings (SSSR count). The van der Waals surface area contributed by atoms with Crippen molar-refractivity contribution < 1.29 is 4.74 Å². The summed E-state index contributed by atoms with van der Waals surface area (Å²) < 4.78 is 7.57. The normalized spacial score (nSPS) is 25.4. The van der Waals surface area contributed by atoms with Gasteiger partial charge < -0.3 is 4.74 Å². The highest BCUT2D eigenvalue weighted by Gasteiger charge is 2.24. The molecule has 1 aliphatic heterocycles. The Kier molecular flexibility index (Phi) is 4.73. The smallest absolute Gasteiger partial charge is 0.0524 e. The molecule has 1 saturated carbocycles. The van der Waals surface area contributed by atoms with Gasteiger partial charge in [-0.15, -0.1) is 0 Å². The molecule has 1 aliphatic carbocycles. The predicted octanol–water partition coefficient (Wildman–Crippen LogP) is 2.54. The number of ether oxygens (including phenoxy) is 1. The summed E-state index contributed by atoms with van der Waals surface area (Å²) in [5.74, 6) is 1.46. The Morgan fingerprint density at radius 3 is 2.85 bits per heavy atom. The van der Waals surface area contributed by atoms with E-state index in [1.165, 1.54) is 44.3 Å². The highest BCUT2D eigenvalue weighted by atomic mass is 16.5. The zero-order chi connectivity index (χ0) is 13.8.